The number of hydrogen-bond donors (Lipinski definition) is 2. The van der Waals surface area contributed by atoms with Gasteiger partial charge in [-0.15, -0.1) is 0 Å². The molecule has 0 heterocycles. The lowest BCUT2D eigenvalue weighted by molar-refractivity contribution is -0.385. The van der Waals surface area contributed by atoms with Crippen LogP contribution in [0.1, 0.15) is 18.4 Å². The van der Waals surface area contributed by atoms with Crippen LogP contribution in [0.4, 0.5) is 5.69 Å². The second kappa shape index (κ2) is 6.43. The van der Waals surface area contributed by atoms with Crippen LogP contribution in [0.25, 0.3) is 0 Å². The minimum atomic E-state index is -0.480. The van der Waals surface area contributed by atoms with Crippen molar-refractivity contribution in [2.45, 2.75) is 19.8 Å². The molecule has 0 saturated heterocycles. The van der Waals surface area contributed by atoms with Crippen molar-refractivity contribution in [3.8, 4) is 5.75 Å². The van der Waals surface area contributed by atoms with Gasteiger partial charge in [-0.2, -0.15) is 0 Å². The molecule has 0 atom stereocenters. The Labute approximate surface area is 104 Å². The highest BCUT2D eigenvalue weighted by Gasteiger charge is 2.14. The maximum atomic E-state index is 10.8. The van der Waals surface area contributed by atoms with Crippen molar-refractivity contribution >= 4 is 11.5 Å². The van der Waals surface area contributed by atoms with Crippen molar-refractivity contribution in [1.29, 1.82) is 0 Å². The topological polar surface area (TPSA) is 111 Å². The lowest BCUT2D eigenvalue weighted by atomic mass is 10.2. The summed E-state index contributed by atoms with van der Waals surface area (Å²) in [5.74, 6) is 0.335. The number of oxime groups is 1. The van der Waals surface area contributed by atoms with Gasteiger partial charge in [0, 0.05) is 12.5 Å². The summed E-state index contributed by atoms with van der Waals surface area (Å²) in [5.41, 5.74) is 6.03. The number of benzene rings is 1. The lowest BCUT2D eigenvalue weighted by Crippen LogP contribution is -2.13. The molecule has 1 aromatic rings. The van der Waals surface area contributed by atoms with Crippen LogP contribution < -0.4 is 10.5 Å². The van der Waals surface area contributed by atoms with Crippen molar-refractivity contribution in [1.82, 2.24) is 0 Å². The van der Waals surface area contributed by atoms with Gasteiger partial charge in [-0.1, -0.05) is 11.2 Å². The van der Waals surface area contributed by atoms with E-state index in [9.17, 15) is 10.1 Å². The number of nitro benzene ring substituents is 1. The van der Waals surface area contributed by atoms with Crippen molar-refractivity contribution in [2.24, 2.45) is 10.9 Å². The quantitative estimate of drug-likeness (QED) is 0.200. The van der Waals surface area contributed by atoms with E-state index in [4.69, 9.17) is 15.7 Å². The molecule has 0 amide bonds. The first-order valence-electron chi connectivity index (χ1n) is 5.39. The summed E-state index contributed by atoms with van der Waals surface area (Å²) in [5, 5.41) is 22.0. The van der Waals surface area contributed by atoms with E-state index in [1.165, 1.54) is 6.07 Å². The number of hydrogen-bond acceptors (Lipinski definition) is 5. The van der Waals surface area contributed by atoms with E-state index in [1.807, 2.05) is 0 Å². The number of nitro groups is 1. The average molecular weight is 253 g/mol. The molecule has 98 valence electrons. The molecule has 0 spiro atoms. The first kappa shape index (κ1) is 13.8. The summed E-state index contributed by atoms with van der Waals surface area (Å²) in [4.78, 5) is 10.3. The molecule has 0 fully saturated rings. The minimum Gasteiger partial charge on any atom is -0.487 e. The predicted molar refractivity (Wildman–Crippen MR) is 66.0 cm³/mol. The molecule has 7 nitrogen and oxygen atoms in total. The summed E-state index contributed by atoms with van der Waals surface area (Å²) in [7, 11) is 0. The van der Waals surface area contributed by atoms with Gasteiger partial charge < -0.3 is 15.7 Å². The number of ether oxygens (including phenoxy) is 1. The third-order valence-corrected chi connectivity index (χ3v) is 2.27. The molecule has 0 aromatic heterocycles. The fourth-order valence-corrected chi connectivity index (χ4v) is 1.38. The molecule has 7 heteroatoms. The third-order valence-electron chi connectivity index (χ3n) is 2.27. The summed E-state index contributed by atoms with van der Waals surface area (Å²) >= 11 is 0. The molecule has 0 aliphatic carbocycles. The van der Waals surface area contributed by atoms with Gasteiger partial charge in [0.25, 0.3) is 0 Å². The van der Waals surface area contributed by atoms with Crippen LogP contribution in [0.3, 0.4) is 0 Å². The van der Waals surface area contributed by atoms with E-state index < -0.39 is 4.92 Å². The first-order chi connectivity index (χ1) is 8.54. The molecule has 1 rings (SSSR count). The molecule has 0 aliphatic heterocycles. The van der Waals surface area contributed by atoms with Crippen LogP contribution in [-0.4, -0.2) is 22.6 Å². The summed E-state index contributed by atoms with van der Waals surface area (Å²) < 4.78 is 5.31. The number of aryl methyl sites for hydroxylation is 1. The Hall–Kier alpha value is -2.31. The SMILES string of the molecule is Cc1ccc(OCCCC(N)=NO)c([N+](=O)[O-])c1. The fourth-order valence-electron chi connectivity index (χ4n) is 1.38. The maximum absolute atomic E-state index is 10.8. The highest BCUT2D eigenvalue weighted by Crippen LogP contribution is 2.27. The van der Waals surface area contributed by atoms with Crippen molar-refractivity contribution in [2.75, 3.05) is 6.61 Å². The Morgan fingerprint density at radius 2 is 2.33 bits per heavy atom. The third kappa shape index (κ3) is 3.93. The van der Waals surface area contributed by atoms with E-state index >= 15 is 0 Å². The van der Waals surface area contributed by atoms with Gasteiger partial charge in [0.05, 0.1) is 11.5 Å². The van der Waals surface area contributed by atoms with E-state index in [1.54, 1.807) is 19.1 Å². The van der Waals surface area contributed by atoms with Gasteiger partial charge in [-0.3, -0.25) is 10.1 Å². The summed E-state index contributed by atoms with van der Waals surface area (Å²) in [6, 6.07) is 4.77. The van der Waals surface area contributed by atoms with Gasteiger partial charge in [-0.05, 0) is 25.0 Å². The Bertz CT molecular complexity index is 460. The standard InChI is InChI=1S/C11H15N3O4/c1-8-4-5-10(9(7-8)14(16)17)18-6-2-3-11(12)13-15/h4-5,7,15H,2-3,6H2,1H3,(H2,12,13). The Morgan fingerprint density at radius 1 is 1.61 bits per heavy atom. The van der Waals surface area contributed by atoms with Crippen LogP contribution in [0.2, 0.25) is 0 Å². The molecule has 18 heavy (non-hydrogen) atoms. The molecule has 0 aliphatic rings. The van der Waals surface area contributed by atoms with Crippen LogP contribution in [-0.2, 0) is 0 Å². The van der Waals surface area contributed by atoms with Crippen LogP contribution in [0.15, 0.2) is 23.4 Å². The van der Waals surface area contributed by atoms with Crippen LogP contribution in [0.5, 0.6) is 5.75 Å². The lowest BCUT2D eigenvalue weighted by Gasteiger charge is -2.06. The molecular formula is C11H15N3O4. The van der Waals surface area contributed by atoms with Crippen molar-refractivity contribution in [3.63, 3.8) is 0 Å². The van der Waals surface area contributed by atoms with Crippen molar-refractivity contribution < 1.29 is 14.9 Å². The zero-order valence-electron chi connectivity index (χ0n) is 10.00. The molecule has 3 N–H and O–H groups in total. The molecular weight excluding hydrogens is 238 g/mol. The Balaban J connectivity index is 2.59. The zero-order chi connectivity index (χ0) is 13.5. The summed E-state index contributed by atoms with van der Waals surface area (Å²) in [6.45, 7) is 2.04. The molecule has 1 aromatic carbocycles. The smallest absolute Gasteiger partial charge is 0.311 e. The summed E-state index contributed by atoms with van der Waals surface area (Å²) in [6.07, 6.45) is 0.886. The fraction of sp³-hybridized carbons (Fsp3) is 0.364. The normalized spacial score (nSPS) is 11.3. The number of rotatable bonds is 6. The van der Waals surface area contributed by atoms with Crippen LogP contribution in [0, 0.1) is 17.0 Å². The van der Waals surface area contributed by atoms with Crippen molar-refractivity contribution in [3.05, 3.63) is 33.9 Å². The van der Waals surface area contributed by atoms with Gasteiger partial charge in [0.15, 0.2) is 5.75 Å². The Morgan fingerprint density at radius 3 is 2.94 bits per heavy atom. The second-order valence-electron chi connectivity index (χ2n) is 3.77. The van der Waals surface area contributed by atoms with Gasteiger partial charge in [0.1, 0.15) is 5.84 Å². The zero-order valence-corrected chi connectivity index (χ0v) is 10.00. The van der Waals surface area contributed by atoms with Crippen LogP contribution >= 0.6 is 0 Å². The molecule has 0 radical (unpaired) electrons. The monoisotopic (exact) mass is 253 g/mol. The van der Waals surface area contributed by atoms with Gasteiger partial charge >= 0.3 is 5.69 Å². The Kier molecular flexibility index (Phi) is 4.91. The molecule has 0 unspecified atom stereocenters. The van der Waals surface area contributed by atoms with E-state index in [-0.39, 0.29) is 23.9 Å². The predicted octanol–water partition coefficient (Wildman–Crippen LogP) is 1.81. The highest BCUT2D eigenvalue weighted by atomic mass is 16.6. The average Bonchev–Trinajstić information content (AvgIpc) is 2.35. The van der Waals surface area contributed by atoms with E-state index in [0.717, 1.165) is 5.56 Å². The number of amidine groups is 1. The molecule has 0 bridgehead atoms. The number of nitrogens with zero attached hydrogens (tertiary/aromatic N) is 2. The molecule has 0 saturated carbocycles. The number of nitrogens with two attached hydrogens (primary N) is 1. The highest BCUT2D eigenvalue weighted by molar-refractivity contribution is 5.79. The van der Waals surface area contributed by atoms with E-state index in [0.29, 0.717) is 12.8 Å². The minimum absolute atomic E-state index is 0.0567. The van der Waals surface area contributed by atoms with Gasteiger partial charge in [0.2, 0.25) is 0 Å². The largest absolute Gasteiger partial charge is 0.487 e. The van der Waals surface area contributed by atoms with Gasteiger partial charge in [-0.25, -0.2) is 0 Å². The first-order valence-corrected chi connectivity index (χ1v) is 5.39. The maximum Gasteiger partial charge on any atom is 0.311 e. The second-order valence-corrected chi connectivity index (χ2v) is 3.77. The van der Waals surface area contributed by atoms with E-state index in [2.05, 4.69) is 5.16 Å².